The van der Waals surface area contributed by atoms with Gasteiger partial charge in [0.25, 0.3) is 0 Å². The molecule has 0 aromatic heterocycles. The van der Waals surface area contributed by atoms with Gasteiger partial charge in [0.1, 0.15) is 11.7 Å². The number of methoxy groups -OCH3 is 1. The smallest absolute Gasteiger partial charge is 0.316 e. The summed E-state index contributed by atoms with van der Waals surface area (Å²) in [6.45, 7) is 4.16. The number of carbonyl (C=O) groups is 2. The highest BCUT2D eigenvalue weighted by molar-refractivity contribution is 5.99. The predicted molar refractivity (Wildman–Crippen MR) is 48.1 cm³/mol. The third-order valence-electron chi connectivity index (χ3n) is 2.68. The largest absolute Gasteiger partial charge is 0.468 e. The Morgan fingerprint density at radius 2 is 2.15 bits per heavy atom. The minimum Gasteiger partial charge on any atom is -0.468 e. The van der Waals surface area contributed by atoms with Crippen LogP contribution in [-0.4, -0.2) is 18.9 Å². The van der Waals surface area contributed by atoms with Gasteiger partial charge < -0.3 is 4.74 Å². The summed E-state index contributed by atoms with van der Waals surface area (Å²) in [4.78, 5) is 22.6. The van der Waals surface area contributed by atoms with Crippen LogP contribution in [0.15, 0.2) is 0 Å². The molecule has 3 heteroatoms. The van der Waals surface area contributed by atoms with Gasteiger partial charge in [0, 0.05) is 6.42 Å². The molecule has 0 spiro atoms. The normalized spacial score (nSPS) is 27.0. The van der Waals surface area contributed by atoms with E-state index in [4.69, 9.17) is 0 Å². The van der Waals surface area contributed by atoms with Crippen molar-refractivity contribution in [3.05, 3.63) is 0 Å². The van der Waals surface area contributed by atoms with Crippen molar-refractivity contribution >= 4 is 11.8 Å². The van der Waals surface area contributed by atoms with Crippen LogP contribution < -0.4 is 0 Å². The lowest BCUT2D eigenvalue weighted by Gasteiger charge is -2.32. The molecule has 0 saturated heterocycles. The van der Waals surface area contributed by atoms with Crippen LogP contribution >= 0.6 is 0 Å². The van der Waals surface area contributed by atoms with E-state index in [9.17, 15) is 9.59 Å². The second-order valence-corrected chi connectivity index (χ2v) is 4.41. The molecule has 0 bridgehead atoms. The summed E-state index contributed by atoms with van der Waals surface area (Å²) < 4.78 is 4.59. The van der Waals surface area contributed by atoms with E-state index < -0.39 is 5.92 Å². The highest BCUT2D eigenvalue weighted by atomic mass is 16.5. The molecule has 3 nitrogen and oxygen atoms in total. The maximum absolute atomic E-state index is 11.4. The highest BCUT2D eigenvalue weighted by Gasteiger charge is 2.38. The summed E-state index contributed by atoms with van der Waals surface area (Å²) in [6.07, 6.45) is 2.00. The van der Waals surface area contributed by atoms with Gasteiger partial charge >= 0.3 is 5.97 Å². The fourth-order valence-electron chi connectivity index (χ4n) is 1.76. The van der Waals surface area contributed by atoms with Gasteiger partial charge in [-0.1, -0.05) is 13.8 Å². The Hall–Kier alpha value is -0.860. The van der Waals surface area contributed by atoms with Crippen molar-refractivity contribution in [2.45, 2.75) is 33.1 Å². The molecule has 1 aliphatic rings. The van der Waals surface area contributed by atoms with Crippen LogP contribution in [-0.2, 0) is 14.3 Å². The van der Waals surface area contributed by atoms with Crippen molar-refractivity contribution in [1.29, 1.82) is 0 Å². The zero-order valence-electron chi connectivity index (χ0n) is 8.42. The molecule has 74 valence electrons. The van der Waals surface area contributed by atoms with E-state index in [0.29, 0.717) is 12.8 Å². The zero-order valence-corrected chi connectivity index (χ0v) is 8.42. The van der Waals surface area contributed by atoms with Crippen molar-refractivity contribution < 1.29 is 14.3 Å². The van der Waals surface area contributed by atoms with Crippen LogP contribution in [0.5, 0.6) is 0 Å². The molecule has 13 heavy (non-hydrogen) atoms. The van der Waals surface area contributed by atoms with Gasteiger partial charge in [-0.15, -0.1) is 0 Å². The fourth-order valence-corrected chi connectivity index (χ4v) is 1.76. The molecule has 1 fully saturated rings. The van der Waals surface area contributed by atoms with Crippen molar-refractivity contribution in [2.24, 2.45) is 11.3 Å². The van der Waals surface area contributed by atoms with Crippen LogP contribution in [0, 0.1) is 11.3 Å². The maximum Gasteiger partial charge on any atom is 0.316 e. The number of carbonyl (C=O) groups excluding carboxylic acids is 2. The van der Waals surface area contributed by atoms with E-state index in [1.54, 1.807) is 0 Å². The zero-order chi connectivity index (χ0) is 10.1. The number of hydrogen-bond donors (Lipinski definition) is 0. The molecular weight excluding hydrogens is 168 g/mol. The summed E-state index contributed by atoms with van der Waals surface area (Å²) >= 11 is 0. The van der Waals surface area contributed by atoms with Gasteiger partial charge in [-0.25, -0.2) is 0 Å². The molecule has 0 aliphatic heterocycles. The third-order valence-corrected chi connectivity index (χ3v) is 2.68. The summed E-state index contributed by atoms with van der Waals surface area (Å²) in [5, 5.41) is 0. The first kappa shape index (κ1) is 10.2. The fraction of sp³-hybridized carbons (Fsp3) is 0.800. The van der Waals surface area contributed by atoms with E-state index in [1.807, 2.05) is 0 Å². The minimum atomic E-state index is -0.520. The lowest BCUT2D eigenvalue weighted by Crippen LogP contribution is -2.35. The van der Waals surface area contributed by atoms with Crippen molar-refractivity contribution in [3.63, 3.8) is 0 Å². The number of esters is 1. The topological polar surface area (TPSA) is 43.4 Å². The second-order valence-electron chi connectivity index (χ2n) is 4.41. The van der Waals surface area contributed by atoms with Crippen molar-refractivity contribution in [1.82, 2.24) is 0 Å². The van der Waals surface area contributed by atoms with E-state index in [1.165, 1.54) is 7.11 Å². The quantitative estimate of drug-likeness (QED) is 0.458. The Balaban J connectivity index is 2.71. The van der Waals surface area contributed by atoms with Crippen LogP contribution in [0.4, 0.5) is 0 Å². The molecule has 0 aromatic carbocycles. The molecule has 0 aromatic rings. The van der Waals surface area contributed by atoms with E-state index in [-0.39, 0.29) is 17.2 Å². The van der Waals surface area contributed by atoms with Gasteiger partial charge in [0.2, 0.25) is 0 Å². The molecule has 1 saturated carbocycles. The Labute approximate surface area is 78.5 Å². The van der Waals surface area contributed by atoms with E-state index in [2.05, 4.69) is 18.6 Å². The summed E-state index contributed by atoms with van der Waals surface area (Å²) in [7, 11) is 1.33. The van der Waals surface area contributed by atoms with Gasteiger partial charge in [0.15, 0.2) is 0 Å². The molecule has 0 N–H and O–H groups in total. The first-order chi connectivity index (χ1) is 5.96. The van der Waals surface area contributed by atoms with Crippen molar-refractivity contribution in [2.75, 3.05) is 7.11 Å². The molecule has 0 unspecified atom stereocenters. The number of hydrogen-bond acceptors (Lipinski definition) is 3. The predicted octanol–water partition coefficient (Wildman–Crippen LogP) is 1.55. The molecule has 1 rings (SSSR count). The molecule has 0 amide bonds. The lowest BCUT2D eigenvalue weighted by atomic mass is 9.71. The molecule has 1 aliphatic carbocycles. The second kappa shape index (κ2) is 3.48. The van der Waals surface area contributed by atoms with Gasteiger partial charge in [0.05, 0.1) is 7.11 Å². The van der Waals surface area contributed by atoms with Crippen LogP contribution in [0.25, 0.3) is 0 Å². The van der Waals surface area contributed by atoms with E-state index in [0.717, 1.165) is 6.42 Å². The SMILES string of the molecule is COC(=O)[C@H]1CC(C)(C)CCC1=O. The number of rotatable bonds is 1. The maximum atomic E-state index is 11.4. The van der Waals surface area contributed by atoms with Gasteiger partial charge in [-0.3, -0.25) is 9.59 Å². The third kappa shape index (κ3) is 2.29. The van der Waals surface area contributed by atoms with Crippen LogP contribution in [0.3, 0.4) is 0 Å². The molecular formula is C10H16O3. The lowest BCUT2D eigenvalue weighted by molar-refractivity contribution is -0.152. The van der Waals surface area contributed by atoms with Gasteiger partial charge in [-0.05, 0) is 18.3 Å². The Kier molecular flexibility index (Phi) is 2.74. The molecule has 1 atom stereocenters. The number of Topliss-reactive ketones (excluding diaryl/α,β-unsaturated/α-hetero) is 1. The van der Waals surface area contributed by atoms with E-state index >= 15 is 0 Å². The Morgan fingerprint density at radius 3 is 2.69 bits per heavy atom. The van der Waals surface area contributed by atoms with Gasteiger partial charge in [-0.2, -0.15) is 0 Å². The monoisotopic (exact) mass is 184 g/mol. The molecule has 0 radical (unpaired) electrons. The highest BCUT2D eigenvalue weighted by Crippen LogP contribution is 2.37. The average Bonchev–Trinajstić information content (AvgIpc) is 2.08. The minimum absolute atomic E-state index is 0.0335. The summed E-state index contributed by atoms with van der Waals surface area (Å²) in [5.41, 5.74) is 0.0900. The average molecular weight is 184 g/mol. The Morgan fingerprint density at radius 1 is 1.54 bits per heavy atom. The Bertz CT molecular complexity index is 222. The first-order valence-corrected chi connectivity index (χ1v) is 4.57. The standard InChI is InChI=1S/C10H16O3/c1-10(2)5-4-8(11)7(6-10)9(12)13-3/h7H,4-6H2,1-3H3/t7-/m0/s1. The molecule has 0 heterocycles. The summed E-state index contributed by atoms with van der Waals surface area (Å²) in [5.74, 6) is -0.863. The van der Waals surface area contributed by atoms with Crippen LogP contribution in [0.1, 0.15) is 33.1 Å². The number of ether oxygens (including phenoxy) is 1. The van der Waals surface area contributed by atoms with Crippen molar-refractivity contribution in [3.8, 4) is 0 Å². The number of ketones is 1. The summed E-state index contributed by atoms with van der Waals surface area (Å²) in [6, 6.07) is 0. The van der Waals surface area contributed by atoms with Crippen LogP contribution in [0.2, 0.25) is 0 Å². The first-order valence-electron chi connectivity index (χ1n) is 4.57.